The standard InChI is InChI=1S/C18H21NO3S/c1-12(10-15-11-23-13(2)19-15)17-8-9-21-18(22-17)14-4-6-16(20-3)7-5-14/h4-7,10-11,17-18H,8-9H2,1-3H3. The summed E-state index contributed by atoms with van der Waals surface area (Å²) < 4.78 is 17.1. The third-order valence-electron chi connectivity index (χ3n) is 3.85. The zero-order valence-electron chi connectivity index (χ0n) is 13.6. The number of hydrogen-bond acceptors (Lipinski definition) is 5. The Kier molecular flexibility index (Phi) is 5.10. The third kappa shape index (κ3) is 3.99. The normalized spacial score (nSPS) is 22.1. The van der Waals surface area contributed by atoms with E-state index in [1.165, 1.54) is 5.57 Å². The zero-order chi connectivity index (χ0) is 16.2. The molecule has 0 bridgehead atoms. The second-order valence-electron chi connectivity index (χ2n) is 5.57. The lowest BCUT2D eigenvalue weighted by Crippen LogP contribution is -2.27. The molecule has 23 heavy (non-hydrogen) atoms. The summed E-state index contributed by atoms with van der Waals surface area (Å²) in [5.74, 6) is 0.830. The molecule has 4 nitrogen and oxygen atoms in total. The SMILES string of the molecule is COc1ccc(C2OCCC(C(C)=Cc3csc(C)n3)O2)cc1. The van der Waals surface area contributed by atoms with Crippen molar-refractivity contribution in [2.24, 2.45) is 0 Å². The molecule has 1 aromatic carbocycles. The summed E-state index contributed by atoms with van der Waals surface area (Å²) in [6.45, 7) is 4.79. The van der Waals surface area contributed by atoms with Gasteiger partial charge in [-0.25, -0.2) is 4.98 Å². The Morgan fingerprint density at radius 1 is 1.35 bits per heavy atom. The molecule has 2 heterocycles. The van der Waals surface area contributed by atoms with Crippen LogP contribution < -0.4 is 4.74 Å². The molecule has 0 saturated carbocycles. The Balaban J connectivity index is 1.70. The van der Waals surface area contributed by atoms with Gasteiger partial charge in [0.05, 0.1) is 30.5 Å². The molecule has 0 aliphatic carbocycles. The maximum absolute atomic E-state index is 6.13. The molecule has 1 aromatic heterocycles. The second-order valence-corrected chi connectivity index (χ2v) is 6.63. The van der Waals surface area contributed by atoms with Gasteiger partial charge < -0.3 is 14.2 Å². The van der Waals surface area contributed by atoms with Crippen molar-refractivity contribution in [1.82, 2.24) is 4.98 Å². The van der Waals surface area contributed by atoms with Gasteiger partial charge >= 0.3 is 0 Å². The average Bonchev–Trinajstić information content (AvgIpc) is 3.00. The molecule has 0 spiro atoms. The fourth-order valence-electron chi connectivity index (χ4n) is 2.58. The van der Waals surface area contributed by atoms with Crippen LogP contribution in [0.15, 0.2) is 35.2 Å². The highest BCUT2D eigenvalue weighted by Gasteiger charge is 2.25. The van der Waals surface area contributed by atoms with E-state index >= 15 is 0 Å². The van der Waals surface area contributed by atoms with Gasteiger partial charge in [-0.1, -0.05) is 12.1 Å². The summed E-state index contributed by atoms with van der Waals surface area (Å²) in [6.07, 6.45) is 2.68. The summed E-state index contributed by atoms with van der Waals surface area (Å²) in [5, 5.41) is 3.15. The van der Waals surface area contributed by atoms with E-state index in [4.69, 9.17) is 14.2 Å². The van der Waals surface area contributed by atoms with Gasteiger partial charge in [-0.2, -0.15) is 0 Å². The predicted octanol–water partition coefficient (Wildman–Crippen LogP) is 4.37. The molecule has 1 aliphatic heterocycles. The molecule has 122 valence electrons. The van der Waals surface area contributed by atoms with E-state index in [0.29, 0.717) is 6.61 Å². The maximum atomic E-state index is 6.13. The van der Waals surface area contributed by atoms with Crippen LogP contribution in [0, 0.1) is 6.92 Å². The number of thiazole rings is 1. The van der Waals surface area contributed by atoms with Crippen molar-refractivity contribution in [2.75, 3.05) is 13.7 Å². The number of rotatable bonds is 4. The average molecular weight is 331 g/mol. The van der Waals surface area contributed by atoms with Crippen molar-refractivity contribution in [3.63, 3.8) is 0 Å². The van der Waals surface area contributed by atoms with Gasteiger partial charge in [0.25, 0.3) is 0 Å². The van der Waals surface area contributed by atoms with Crippen LogP contribution in [0.3, 0.4) is 0 Å². The molecule has 1 fully saturated rings. The first-order valence-electron chi connectivity index (χ1n) is 7.67. The van der Waals surface area contributed by atoms with E-state index in [9.17, 15) is 0 Å². The van der Waals surface area contributed by atoms with Crippen molar-refractivity contribution in [3.8, 4) is 5.75 Å². The molecule has 2 aromatic rings. The Labute approximate surface area is 140 Å². The van der Waals surface area contributed by atoms with Crippen LogP contribution >= 0.6 is 11.3 Å². The van der Waals surface area contributed by atoms with Crippen molar-refractivity contribution >= 4 is 17.4 Å². The summed E-state index contributed by atoms with van der Waals surface area (Å²) in [5.41, 5.74) is 3.19. The molecule has 0 N–H and O–H groups in total. The van der Waals surface area contributed by atoms with Crippen LogP contribution in [0.5, 0.6) is 5.75 Å². The second kappa shape index (κ2) is 7.25. The topological polar surface area (TPSA) is 40.6 Å². The molecule has 1 saturated heterocycles. The quantitative estimate of drug-likeness (QED) is 0.834. The Morgan fingerprint density at radius 2 is 2.13 bits per heavy atom. The lowest BCUT2D eigenvalue weighted by molar-refractivity contribution is -0.207. The first-order chi connectivity index (χ1) is 11.2. The number of ether oxygens (including phenoxy) is 3. The Morgan fingerprint density at radius 3 is 2.78 bits per heavy atom. The fourth-order valence-corrected chi connectivity index (χ4v) is 3.15. The summed E-state index contributed by atoms with van der Waals surface area (Å²) in [6, 6.07) is 7.81. The van der Waals surface area contributed by atoms with Crippen molar-refractivity contribution in [2.45, 2.75) is 32.7 Å². The number of methoxy groups -OCH3 is 1. The lowest BCUT2D eigenvalue weighted by atomic mass is 10.1. The molecule has 1 aliphatic rings. The molecule has 2 unspecified atom stereocenters. The lowest BCUT2D eigenvalue weighted by Gasteiger charge is -2.31. The smallest absolute Gasteiger partial charge is 0.184 e. The van der Waals surface area contributed by atoms with Gasteiger partial charge in [0.15, 0.2) is 6.29 Å². The van der Waals surface area contributed by atoms with Crippen molar-refractivity contribution in [3.05, 3.63) is 51.5 Å². The van der Waals surface area contributed by atoms with E-state index in [-0.39, 0.29) is 12.4 Å². The van der Waals surface area contributed by atoms with E-state index in [1.54, 1.807) is 18.4 Å². The van der Waals surface area contributed by atoms with Crippen LogP contribution in [-0.2, 0) is 9.47 Å². The van der Waals surface area contributed by atoms with Gasteiger partial charge in [-0.3, -0.25) is 0 Å². The Hall–Kier alpha value is -1.69. The number of aromatic nitrogens is 1. The number of nitrogens with zero attached hydrogens (tertiary/aromatic N) is 1. The van der Waals surface area contributed by atoms with E-state index in [0.717, 1.165) is 28.4 Å². The maximum Gasteiger partial charge on any atom is 0.184 e. The van der Waals surface area contributed by atoms with Crippen LogP contribution in [0.4, 0.5) is 0 Å². The van der Waals surface area contributed by atoms with Gasteiger partial charge in [0, 0.05) is 17.4 Å². The van der Waals surface area contributed by atoms with Gasteiger partial charge in [-0.05, 0) is 37.6 Å². The van der Waals surface area contributed by atoms with E-state index < -0.39 is 0 Å². The molecule has 0 radical (unpaired) electrons. The number of hydrogen-bond donors (Lipinski definition) is 0. The number of benzene rings is 1. The summed E-state index contributed by atoms with van der Waals surface area (Å²) in [7, 11) is 1.66. The van der Waals surface area contributed by atoms with Gasteiger partial charge in [-0.15, -0.1) is 11.3 Å². The molecule has 5 heteroatoms. The highest BCUT2D eigenvalue weighted by Crippen LogP contribution is 2.30. The van der Waals surface area contributed by atoms with E-state index in [2.05, 4.69) is 23.4 Å². The molecular weight excluding hydrogens is 310 g/mol. The third-order valence-corrected chi connectivity index (χ3v) is 4.64. The zero-order valence-corrected chi connectivity index (χ0v) is 14.4. The first kappa shape index (κ1) is 16.2. The molecule has 3 rings (SSSR count). The fraction of sp³-hybridized carbons (Fsp3) is 0.389. The molecular formula is C18H21NO3S. The van der Waals surface area contributed by atoms with Crippen molar-refractivity contribution < 1.29 is 14.2 Å². The monoisotopic (exact) mass is 331 g/mol. The minimum absolute atomic E-state index is 0.0536. The van der Waals surface area contributed by atoms with Gasteiger partial charge in [0.2, 0.25) is 0 Å². The summed E-state index contributed by atoms with van der Waals surface area (Å²) in [4.78, 5) is 4.48. The van der Waals surface area contributed by atoms with Crippen LogP contribution in [0.2, 0.25) is 0 Å². The first-order valence-corrected chi connectivity index (χ1v) is 8.55. The van der Waals surface area contributed by atoms with Crippen LogP contribution in [0.1, 0.15) is 35.9 Å². The minimum Gasteiger partial charge on any atom is -0.497 e. The molecule has 2 atom stereocenters. The number of aryl methyl sites for hydroxylation is 1. The molecule has 0 amide bonds. The van der Waals surface area contributed by atoms with Crippen LogP contribution in [-0.4, -0.2) is 24.8 Å². The largest absolute Gasteiger partial charge is 0.497 e. The minimum atomic E-state index is -0.333. The van der Waals surface area contributed by atoms with Crippen LogP contribution in [0.25, 0.3) is 6.08 Å². The van der Waals surface area contributed by atoms with Gasteiger partial charge in [0.1, 0.15) is 5.75 Å². The predicted molar refractivity (Wildman–Crippen MR) is 91.7 cm³/mol. The highest BCUT2D eigenvalue weighted by atomic mass is 32.1. The summed E-state index contributed by atoms with van der Waals surface area (Å²) >= 11 is 1.66. The Bertz CT molecular complexity index is 678. The van der Waals surface area contributed by atoms with E-state index in [1.807, 2.05) is 31.2 Å². The highest BCUT2D eigenvalue weighted by molar-refractivity contribution is 7.09. The van der Waals surface area contributed by atoms with Crippen molar-refractivity contribution in [1.29, 1.82) is 0 Å².